The Hall–Kier alpha value is -0.250. The molecule has 0 saturated carbocycles. The van der Waals surface area contributed by atoms with E-state index in [1.54, 1.807) is 6.07 Å². The summed E-state index contributed by atoms with van der Waals surface area (Å²) in [7, 11) is -2.96. The number of sulfone groups is 1. The number of benzene rings is 1. The smallest absolute Gasteiger partial charge is 0.147 e. The van der Waals surface area contributed by atoms with Crippen molar-refractivity contribution in [2.75, 3.05) is 12.0 Å². The molecule has 1 rings (SSSR count). The number of rotatable bonds is 6. The molecule has 3 N–H and O–H groups in total. The maximum atomic E-state index is 13.0. The molecule has 0 aliphatic heterocycles. The van der Waals surface area contributed by atoms with E-state index in [9.17, 15) is 12.8 Å². The molecule has 1 unspecified atom stereocenters. The average Bonchev–Trinajstić information content (AvgIpc) is 2.24. The molecule has 7 heteroatoms. The van der Waals surface area contributed by atoms with Gasteiger partial charge in [0.15, 0.2) is 0 Å². The van der Waals surface area contributed by atoms with Gasteiger partial charge < -0.3 is 0 Å². The zero-order valence-electron chi connectivity index (χ0n) is 9.99. The summed E-state index contributed by atoms with van der Waals surface area (Å²) in [5, 5.41) is 0. The number of hydrazine groups is 1. The highest BCUT2D eigenvalue weighted by Crippen LogP contribution is 2.24. The van der Waals surface area contributed by atoms with Crippen LogP contribution >= 0.6 is 22.6 Å². The molecule has 102 valence electrons. The molecule has 0 fully saturated rings. The lowest BCUT2D eigenvalue weighted by molar-refractivity contribution is 0.504. The number of hydrogen-bond donors (Lipinski definition) is 2. The number of halogens is 2. The predicted octanol–water partition coefficient (Wildman–Crippen LogP) is 1.76. The first-order valence-corrected chi connectivity index (χ1v) is 8.56. The molecule has 0 bridgehead atoms. The minimum Gasteiger partial charge on any atom is -0.271 e. The van der Waals surface area contributed by atoms with Gasteiger partial charge in [0.25, 0.3) is 0 Å². The van der Waals surface area contributed by atoms with Crippen LogP contribution in [0.5, 0.6) is 0 Å². The van der Waals surface area contributed by atoms with Crippen molar-refractivity contribution >= 4 is 32.4 Å². The maximum Gasteiger partial charge on any atom is 0.147 e. The summed E-state index contributed by atoms with van der Waals surface area (Å²) in [5.41, 5.74) is 3.53. The van der Waals surface area contributed by atoms with E-state index in [2.05, 4.69) is 5.43 Å². The van der Waals surface area contributed by atoms with Crippen LogP contribution in [0, 0.1) is 9.39 Å². The maximum absolute atomic E-state index is 13.0. The topological polar surface area (TPSA) is 72.2 Å². The Bertz CT molecular complexity index is 508. The molecule has 0 aliphatic carbocycles. The van der Waals surface area contributed by atoms with Crippen LogP contribution in [0.3, 0.4) is 0 Å². The molecule has 18 heavy (non-hydrogen) atoms. The summed E-state index contributed by atoms with van der Waals surface area (Å²) in [5.74, 6) is 5.30. The lowest BCUT2D eigenvalue weighted by Crippen LogP contribution is -2.29. The monoisotopic (exact) mass is 386 g/mol. The standard InChI is InChI=1S/C11H16FIN2O2S/c1-18(16,17)6-2-3-11(15-14)9-5-4-8(12)7-10(9)13/h4-5,7,11,15H,2-3,6,14H2,1H3. The van der Waals surface area contributed by atoms with Gasteiger partial charge in [0.05, 0.1) is 0 Å². The minimum absolute atomic E-state index is 0.128. The van der Waals surface area contributed by atoms with Crippen LogP contribution < -0.4 is 11.3 Å². The van der Waals surface area contributed by atoms with Crippen LogP contribution in [0.4, 0.5) is 4.39 Å². The van der Waals surface area contributed by atoms with Gasteiger partial charge in [0.2, 0.25) is 0 Å². The highest BCUT2D eigenvalue weighted by molar-refractivity contribution is 14.1. The van der Waals surface area contributed by atoms with Crippen molar-refractivity contribution < 1.29 is 12.8 Å². The van der Waals surface area contributed by atoms with Crippen molar-refractivity contribution in [3.63, 3.8) is 0 Å². The average molecular weight is 386 g/mol. The van der Waals surface area contributed by atoms with E-state index in [1.165, 1.54) is 18.4 Å². The lowest BCUT2D eigenvalue weighted by atomic mass is 10.0. The van der Waals surface area contributed by atoms with E-state index in [0.717, 1.165) is 9.13 Å². The SMILES string of the molecule is CS(=O)(=O)CCCC(NN)c1ccc(F)cc1I. The molecule has 1 atom stereocenters. The Labute approximate surface area is 120 Å². The summed E-state index contributed by atoms with van der Waals surface area (Å²) >= 11 is 2.04. The third-order valence-electron chi connectivity index (χ3n) is 2.55. The highest BCUT2D eigenvalue weighted by atomic mass is 127. The summed E-state index contributed by atoms with van der Waals surface area (Å²) < 4.78 is 35.9. The Morgan fingerprint density at radius 2 is 2.17 bits per heavy atom. The Morgan fingerprint density at radius 3 is 2.67 bits per heavy atom. The Balaban J connectivity index is 2.71. The molecule has 0 spiro atoms. The fraction of sp³-hybridized carbons (Fsp3) is 0.455. The molecular weight excluding hydrogens is 370 g/mol. The summed E-state index contributed by atoms with van der Waals surface area (Å²) in [6.45, 7) is 0. The van der Waals surface area contributed by atoms with Gasteiger partial charge in [-0.15, -0.1) is 0 Å². The third-order valence-corrected chi connectivity index (χ3v) is 4.51. The number of hydrogen-bond acceptors (Lipinski definition) is 4. The van der Waals surface area contributed by atoms with Crippen LogP contribution in [-0.2, 0) is 9.84 Å². The van der Waals surface area contributed by atoms with Crippen molar-refractivity contribution in [3.05, 3.63) is 33.1 Å². The van der Waals surface area contributed by atoms with Crippen molar-refractivity contribution in [1.29, 1.82) is 0 Å². The first-order valence-electron chi connectivity index (χ1n) is 5.42. The van der Waals surface area contributed by atoms with Crippen LogP contribution in [0.2, 0.25) is 0 Å². The van der Waals surface area contributed by atoms with E-state index in [-0.39, 0.29) is 17.6 Å². The fourth-order valence-electron chi connectivity index (χ4n) is 1.66. The lowest BCUT2D eigenvalue weighted by Gasteiger charge is -2.17. The fourth-order valence-corrected chi connectivity index (χ4v) is 3.21. The van der Waals surface area contributed by atoms with Crippen molar-refractivity contribution in [3.8, 4) is 0 Å². The molecular formula is C11H16FIN2O2S. The zero-order valence-corrected chi connectivity index (χ0v) is 13.0. The van der Waals surface area contributed by atoms with Gasteiger partial charge in [-0.05, 0) is 53.1 Å². The van der Waals surface area contributed by atoms with Crippen molar-refractivity contribution in [1.82, 2.24) is 5.43 Å². The summed E-state index contributed by atoms with van der Waals surface area (Å²) in [4.78, 5) is 0. The quantitative estimate of drug-likeness (QED) is 0.444. The van der Waals surface area contributed by atoms with E-state index in [4.69, 9.17) is 5.84 Å². The van der Waals surface area contributed by atoms with Crippen LogP contribution in [0.1, 0.15) is 24.4 Å². The summed E-state index contributed by atoms with van der Waals surface area (Å²) in [6, 6.07) is 4.30. The molecule has 0 radical (unpaired) electrons. The van der Waals surface area contributed by atoms with Gasteiger partial charge in [0.1, 0.15) is 15.7 Å². The van der Waals surface area contributed by atoms with Gasteiger partial charge in [-0.2, -0.15) is 0 Å². The minimum atomic E-state index is -2.96. The largest absolute Gasteiger partial charge is 0.271 e. The molecule has 1 aromatic rings. The van der Waals surface area contributed by atoms with Gasteiger partial charge in [-0.3, -0.25) is 11.3 Å². The van der Waals surface area contributed by atoms with E-state index in [0.29, 0.717) is 12.8 Å². The highest BCUT2D eigenvalue weighted by Gasteiger charge is 2.14. The van der Waals surface area contributed by atoms with Gasteiger partial charge in [-0.1, -0.05) is 6.07 Å². The summed E-state index contributed by atoms with van der Waals surface area (Å²) in [6.07, 6.45) is 2.31. The first kappa shape index (κ1) is 15.8. The van der Waals surface area contributed by atoms with Gasteiger partial charge in [-0.25, -0.2) is 12.8 Å². The second kappa shape index (κ2) is 6.78. The molecule has 0 heterocycles. The first-order chi connectivity index (χ1) is 8.33. The van der Waals surface area contributed by atoms with Crippen LogP contribution in [-0.4, -0.2) is 20.4 Å². The second-order valence-electron chi connectivity index (χ2n) is 4.16. The van der Waals surface area contributed by atoms with E-state index >= 15 is 0 Å². The van der Waals surface area contributed by atoms with Crippen LogP contribution in [0.25, 0.3) is 0 Å². The second-order valence-corrected chi connectivity index (χ2v) is 7.58. The Kier molecular flexibility index (Phi) is 5.96. The number of nitrogens with one attached hydrogen (secondary N) is 1. The van der Waals surface area contributed by atoms with Crippen molar-refractivity contribution in [2.24, 2.45) is 5.84 Å². The van der Waals surface area contributed by atoms with Crippen molar-refractivity contribution in [2.45, 2.75) is 18.9 Å². The molecule has 1 aromatic carbocycles. The van der Waals surface area contributed by atoms with Gasteiger partial charge >= 0.3 is 0 Å². The predicted molar refractivity (Wildman–Crippen MR) is 78.1 cm³/mol. The third kappa shape index (κ3) is 5.17. The molecule has 0 aromatic heterocycles. The van der Waals surface area contributed by atoms with E-state index < -0.39 is 9.84 Å². The van der Waals surface area contributed by atoms with Crippen LogP contribution in [0.15, 0.2) is 18.2 Å². The zero-order chi connectivity index (χ0) is 13.8. The van der Waals surface area contributed by atoms with Gasteiger partial charge in [0, 0.05) is 21.6 Å². The number of nitrogens with two attached hydrogens (primary N) is 1. The normalized spacial score (nSPS) is 13.6. The van der Waals surface area contributed by atoms with E-state index in [1.807, 2.05) is 22.6 Å². The molecule has 0 amide bonds. The molecule has 4 nitrogen and oxygen atoms in total. The molecule has 0 aliphatic rings. The molecule has 0 saturated heterocycles. The Morgan fingerprint density at radius 1 is 1.50 bits per heavy atom.